The number of amides is 1. The lowest BCUT2D eigenvalue weighted by molar-refractivity contribution is -0.144. The standard InChI is InChI=1S/C14H15NO5/c1-19-13(17)7-8-14(18)20-10-12(16)15-9-11-5-3-2-4-6-11/h2-8H,9-10H2,1H3,(H,15,16). The zero-order valence-electron chi connectivity index (χ0n) is 11.0. The lowest BCUT2D eigenvalue weighted by atomic mass is 10.2. The minimum absolute atomic E-state index is 0.356. The number of benzene rings is 1. The molecule has 0 saturated carbocycles. The Morgan fingerprint density at radius 2 is 1.75 bits per heavy atom. The molecule has 0 aliphatic rings. The Morgan fingerprint density at radius 3 is 2.40 bits per heavy atom. The molecule has 0 spiro atoms. The number of esters is 2. The molecule has 0 saturated heterocycles. The largest absolute Gasteiger partial charge is 0.466 e. The second-order valence-electron chi connectivity index (χ2n) is 3.73. The van der Waals surface area contributed by atoms with Crippen LogP contribution in [0.15, 0.2) is 42.5 Å². The molecule has 6 heteroatoms. The van der Waals surface area contributed by atoms with Crippen molar-refractivity contribution in [3.05, 3.63) is 48.0 Å². The molecule has 0 bridgehead atoms. The van der Waals surface area contributed by atoms with Crippen molar-refractivity contribution in [2.45, 2.75) is 6.54 Å². The van der Waals surface area contributed by atoms with E-state index < -0.39 is 24.5 Å². The quantitative estimate of drug-likeness (QED) is 0.607. The molecule has 0 fully saturated rings. The van der Waals surface area contributed by atoms with Crippen molar-refractivity contribution in [1.82, 2.24) is 5.32 Å². The summed E-state index contributed by atoms with van der Waals surface area (Å²) in [5.74, 6) is -1.88. The third-order valence-corrected chi connectivity index (χ3v) is 2.23. The number of carbonyl (C=O) groups excluding carboxylic acids is 3. The first-order valence-electron chi connectivity index (χ1n) is 5.85. The maximum atomic E-state index is 11.4. The molecule has 20 heavy (non-hydrogen) atoms. The predicted octanol–water partition coefficient (Wildman–Crippen LogP) is 0.575. The molecule has 1 rings (SSSR count). The van der Waals surface area contributed by atoms with Crippen molar-refractivity contribution in [2.75, 3.05) is 13.7 Å². The van der Waals surface area contributed by atoms with Crippen molar-refractivity contribution in [1.29, 1.82) is 0 Å². The van der Waals surface area contributed by atoms with E-state index in [9.17, 15) is 14.4 Å². The first-order valence-corrected chi connectivity index (χ1v) is 5.85. The summed E-state index contributed by atoms with van der Waals surface area (Å²) in [4.78, 5) is 33.3. The summed E-state index contributed by atoms with van der Waals surface area (Å²) in [5, 5.41) is 2.60. The molecule has 0 unspecified atom stereocenters. The zero-order valence-corrected chi connectivity index (χ0v) is 11.0. The summed E-state index contributed by atoms with van der Waals surface area (Å²) in [6.07, 6.45) is 1.82. The fourth-order valence-corrected chi connectivity index (χ4v) is 1.24. The molecule has 1 amide bonds. The van der Waals surface area contributed by atoms with Gasteiger partial charge in [-0.2, -0.15) is 0 Å². The van der Waals surface area contributed by atoms with Gasteiger partial charge in [-0.3, -0.25) is 4.79 Å². The fraction of sp³-hybridized carbons (Fsp3) is 0.214. The van der Waals surface area contributed by atoms with E-state index in [-0.39, 0.29) is 0 Å². The fourth-order valence-electron chi connectivity index (χ4n) is 1.24. The second kappa shape index (κ2) is 8.47. The van der Waals surface area contributed by atoms with E-state index in [1.807, 2.05) is 30.3 Å². The van der Waals surface area contributed by atoms with E-state index in [0.29, 0.717) is 6.54 Å². The molecule has 0 heterocycles. The highest BCUT2D eigenvalue weighted by atomic mass is 16.5. The normalized spacial score (nSPS) is 10.1. The Morgan fingerprint density at radius 1 is 1.10 bits per heavy atom. The van der Waals surface area contributed by atoms with Crippen LogP contribution in [-0.2, 0) is 30.4 Å². The Hall–Kier alpha value is -2.63. The van der Waals surface area contributed by atoms with Gasteiger partial charge in [0.25, 0.3) is 5.91 Å². The van der Waals surface area contributed by atoms with Gasteiger partial charge < -0.3 is 14.8 Å². The number of carbonyl (C=O) groups is 3. The van der Waals surface area contributed by atoms with Crippen molar-refractivity contribution < 1.29 is 23.9 Å². The minimum atomic E-state index is -0.787. The van der Waals surface area contributed by atoms with E-state index in [0.717, 1.165) is 17.7 Å². The lowest BCUT2D eigenvalue weighted by Gasteiger charge is -2.05. The number of hydrogen-bond donors (Lipinski definition) is 1. The SMILES string of the molecule is COC(=O)C=CC(=O)OCC(=O)NCc1ccccc1. The van der Waals surface area contributed by atoms with Gasteiger partial charge in [0.1, 0.15) is 0 Å². The van der Waals surface area contributed by atoms with Crippen LogP contribution in [0, 0.1) is 0 Å². The minimum Gasteiger partial charge on any atom is -0.466 e. The Kier molecular flexibility index (Phi) is 6.53. The summed E-state index contributed by atoms with van der Waals surface area (Å²) >= 11 is 0. The molecule has 0 atom stereocenters. The van der Waals surface area contributed by atoms with Gasteiger partial charge in [0.2, 0.25) is 0 Å². The van der Waals surface area contributed by atoms with Crippen LogP contribution >= 0.6 is 0 Å². The van der Waals surface area contributed by atoms with Gasteiger partial charge in [-0.05, 0) is 5.56 Å². The Labute approximate surface area is 116 Å². The van der Waals surface area contributed by atoms with Gasteiger partial charge in [-0.15, -0.1) is 0 Å². The highest BCUT2D eigenvalue weighted by molar-refractivity contribution is 5.92. The average molecular weight is 277 g/mol. The zero-order chi connectivity index (χ0) is 14.8. The second-order valence-corrected chi connectivity index (χ2v) is 3.73. The van der Waals surface area contributed by atoms with Crippen molar-refractivity contribution in [2.24, 2.45) is 0 Å². The molecule has 106 valence electrons. The van der Waals surface area contributed by atoms with Gasteiger partial charge in [0, 0.05) is 18.7 Å². The molecule has 0 radical (unpaired) electrons. The number of ether oxygens (including phenoxy) is 2. The van der Waals surface area contributed by atoms with Crippen molar-refractivity contribution >= 4 is 17.8 Å². The first-order chi connectivity index (χ1) is 9.61. The summed E-state index contributed by atoms with van der Waals surface area (Å²) in [7, 11) is 1.19. The molecule has 1 aromatic rings. The van der Waals surface area contributed by atoms with Gasteiger partial charge in [0.05, 0.1) is 7.11 Å². The van der Waals surface area contributed by atoms with Crippen molar-refractivity contribution in [3.63, 3.8) is 0 Å². The van der Waals surface area contributed by atoms with E-state index in [1.165, 1.54) is 7.11 Å². The molecule has 6 nitrogen and oxygen atoms in total. The Bertz CT molecular complexity index is 496. The van der Waals surface area contributed by atoms with Crippen LogP contribution in [-0.4, -0.2) is 31.6 Å². The van der Waals surface area contributed by atoms with E-state index in [4.69, 9.17) is 0 Å². The van der Waals surface area contributed by atoms with Crippen LogP contribution in [0.3, 0.4) is 0 Å². The molecule has 0 aromatic heterocycles. The summed E-state index contributed by atoms with van der Waals surface area (Å²) in [6.45, 7) is -0.0492. The Balaban J connectivity index is 2.24. The molecule has 0 aliphatic heterocycles. The van der Waals surface area contributed by atoms with E-state index >= 15 is 0 Å². The van der Waals surface area contributed by atoms with Gasteiger partial charge in [0.15, 0.2) is 6.61 Å². The maximum Gasteiger partial charge on any atom is 0.331 e. The molecular weight excluding hydrogens is 262 g/mol. The van der Waals surface area contributed by atoms with Crippen LogP contribution in [0.5, 0.6) is 0 Å². The summed E-state index contributed by atoms with van der Waals surface area (Å²) < 4.78 is 8.94. The van der Waals surface area contributed by atoms with Gasteiger partial charge >= 0.3 is 11.9 Å². The highest BCUT2D eigenvalue weighted by Crippen LogP contribution is 1.96. The number of nitrogens with one attached hydrogen (secondary N) is 1. The molecular formula is C14H15NO5. The van der Waals surface area contributed by atoms with E-state index in [1.54, 1.807) is 0 Å². The average Bonchev–Trinajstić information content (AvgIpc) is 2.49. The number of rotatable bonds is 6. The molecule has 1 N–H and O–H groups in total. The maximum absolute atomic E-state index is 11.4. The molecule has 1 aromatic carbocycles. The topological polar surface area (TPSA) is 81.7 Å². The van der Waals surface area contributed by atoms with Crippen molar-refractivity contribution in [3.8, 4) is 0 Å². The van der Waals surface area contributed by atoms with Gasteiger partial charge in [-0.1, -0.05) is 30.3 Å². The summed E-state index contributed by atoms with van der Waals surface area (Å²) in [6, 6.07) is 9.33. The highest BCUT2D eigenvalue weighted by Gasteiger charge is 2.05. The summed E-state index contributed by atoms with van der Waals surface area (Å²) in [5.41, 5.74) is 0.942. The first kappa shape index (κ1) is 15.4. The number of methoxy groups -OCH3 is 1. The smallest absolute Gasteiger partial charge is 0.331 e. The lowest BCUT2D eigenvalue weighted by Crippen LogP contribution is -2.28. The predicted molar refractivity (Wildman–Crippen MR) is 70.4 cm³/mol. The van der Waals surface area contributed by atoms with Crippen LogP contribution in [0.1, 0.15) is 5.56 Å². The van der Waals surface area contributed by atoms with Crippen LogP contribution in [0.4, 0.5) is 0 Å². The van der Waals surface area contributed by atoms with Crippen LogP contribution in [0.2, 0.25) is 0 Å². The van der Waals surface area contributed by atoms with E-state index in [2.05, 4.69) is 14.8 Å². The monoisotopic (exact) mass is 277 g/mol. The molecule has 0 aliphatic carbocycles. The third-order valence-electron chi connectivity index (χ3n) is 2.23. The van der Waals surface area contributed by atoms with Gasteiger partial charge in [-0.25, -0.2) is 9.59 Å². The van der Waals surface area contributed by atoms with Crippen LogP contribution < -0.4 is 5.32 Å². The van der Waals surface area contributed by atoms with Crippen LogP contribution in [0.25, 0.3) is 0 Å². The number of hydrogen-bond acceptors (Lipinski definition) is 5. The third kappa shape index (κ3) is 6.34.